The quantitative estimate of drug-likeness (QED) is 0.733. The normalized spacial score (nSPS) is 20.7. The van der Waals surface area contributed by atoms with Crippen LogP contribution in [-0.2, 0) is 9.53 Å². The Labute approximate surface area is 115 Å². The van der Waals surface area contributed by atoms with Gasteiger partial charge in [0.25, 0.3) is 0 Å². The molecule has 0 aliphatic carbocycles. The number of hydrogen-bond acceptors (Lipinski definition) is 3. The fourth-order valence-electron chi connectivity index (χ4n) is 2.11. The number of hydrogen-bond donors (Lipinski definition) is 0. The van der Waals surface area contributed by atoms with E-state index in [2.05, 4.69) is 0 Å². The van der Waals surface area contributed by atoms with Crippen LogP contribution in [-0.4, -0.2) is 53.1 Å². The molecule has 1 aliphatic heterocycles. The Morgan fingerprint density at radius 2 is 1.79 bits per heavy atom. The third-order valence-corrected chi connectivity index (χ3v) is 3.06. The molecule has 0 aromatic carbocycles. The van der Waals surface area contributed by atoms with Gasteiger partial charge in [-0.2, -0.15) is 0 Å². The van der Waals surface area contributed by atoms with E-state index in [9.17, 15) is 9.59 Å². The van der Waals surface area contributed by atoms with Crippen LogP contribution in [0.5, 0.6) is 0 Å². The van der Waals surface area contributed by atoms with E-state index in [0.29, 0.717) is 19.6 Å². The first-order valence-electron chi connectivity index (χ1n) is 6.90. The monoisotopic (exact) mass is 270 g/mol. The highest BCUT2D eigenvalue weighted by molar-refractivity contribution is 5.79. The van der Waals surface area contributed by atoms with Crippen molar-refractivity contribution in [3.05, 3.63) is 0 Å². The van der Waals surface area contributed by atoms with Gasteiger partial charge in [0.15, 0.2) is 0 Å². The van der Waals surface area contributed by atoms with Crippen molar-refractivity contribution >= 4 is 12.0 Å². The summed E-state index contributed by atoms with van der Waals surface area (Å²) in [5.41, 5.74) is -0.481. The molecule has 0 radical (unpaired) electrons. The molecule has 5 heteroatoms. The lowest BCUT2D eigenvalue weighted by atomic mass is 10.1. The van der Waals surface area contributed by atoms with Crippen molar-refractivity contribution in [3.8, 4) is 0 Å². The third kappa shape index (κ3) is 4.40. The second-order valence-electron chi connectivity index (χ2n) is 6.46. The fourth-order valence-corrected chi connectivity index (χ4v) is 2.11. The SMILES string of the molecule is CC(C)C(=O)N1CCN(C(=O)OC(C)(C)C)C[C@@H]1C. The molecule has 0 aromatic heterocycles. The highest BCUT2D eigenvalue weighted by Gasteiger charge is 2.32. The molecule has 2 amide bonds. The summed E-state index contributed by atoms with van der Waals surface area (Å²) in [6.07, 6.45) is -0.295. The van der Waals surface area contributed by atoms with E-state index >= 15 is 0 Å². The van der Waals surface area contributed by atoms with E-state index in [1.165, 1.54) is 0 Å². The Morgan fingerprint density at radius 1 is 1.21 bits per heavy atom. The highest BCUT2D eigenvalue weighted by atomic mass is 16.6. The van der Waals surface area contributed by atoms with Crippen LogP contribution in [0.1, 0.15) is 41.5 Å². The minimum atomic E-state index is -0.481. The van der Waals surface area contributed by atoms with Gasteiger partial charge in [-0.1, -0.05) is 13.8 Å². The summed E-state index contributed by atoms with van der Waals surface area (Å²) in [5.74, 6) is 0.145. The number of nitrogens with zero attached hydrogens (tertiary/aromatic N) is 2. The van der Waals surface area contributed by atoms with E-state index < -0.39 is 5.60 Å². The first kappa shape index (κ1) is 15.8. The molecule has 0 N–H and O–H groups in total. The van der Waals surface area contributed by atoms with Gasteiger partial charge in [-0.15, -0.1) is 0 Å². The number of piperazine rings is 1. The molecule has 0 spiro atoms. The van der Waals surface area contributed by atoms with Gasteiger partial charge in [-0.3, -0.25) is 4.79 Å². The van der Waals surface area contributed by atoms with Gasteiger partial charge in [0.1, 0.15) is 5.60 Å². The van der Waals surface area contributed by atoms with Crippen LogP contribution in [0, 0.1) is 5.92 Å². The topological polar surface area (TPSA) is 49.9 Å². The maximum Gasteiger partial charge on any atom is 0.410 e. The zero-order chi connectivity index (χ0) is 14.8. The summed E-state index contributed by atoms with van der Waals surface area (Å²) >= 11 is 0. The Bertz CT molecular complexity index is 347. The Morgan fingerprint density at radius 3 is 2.21 bits per heavy atom. The number of carbonyl (C=O) groups is 2. The van der Waals surface area contributed by atoms with E-state index in [0.717, 1.165) is 0 Å². The molecule has 1 aliphatic rings. The Balaban J connectivity index is 2.59. The average Bonchev–Trinajstić information content (AvgIpc) is 2.25. The van der Waals surface area contributed by atoms with Gasteiger partial charge >= 0.3 is 6.09 Å². The van der Waals surface area contributed by atoms with Crippen molar-refractivity contribution in [2.75, 3.05) is 19.6 Å². The number of amides is 2. The Kier molecular flexibility index (Phi) is 4.82. The molecule has 1 saturated heterocycles. The van der Waals surface area contributed by atoms with Gasteiger partial charge in [0.05, 0.1) is 0 Å². The molecule has 1 fully saturated rings. The van der Waals surface area contributed by atoms with Gasteiger partial charge in [-0.05, 0) is 27.7 Å². The van der Waals surface area contributed by atoms with E-state index in [-0.39, 0.29) is 24.0 Å². The first-order chi connectivity index (χ1) is 8.61. The zero-order valence-corrected chi connectivity index (χ0v) is 12.9. The van der Waals surface area contributed by atoms with Crippen molar-refractivity contribution < 1.29 is 14.3 Å². The number of rotatable bonds is 1. The smallest absolute Gasteiger partial charge is 0.410 e. The fraction of sp³-hybridized carbons (Fsp3) is 0.857. The minimum absolute atomic E-state index is 0.00414. The van der Waals surface area contributed by atoms with Crippen LogP contribution in [0.25, 0.3) is 0 Å². The molecule has 1 rings (SSSR count). The van der Waals surface area contributed by atoms with Crippen molar-refractivity contribution in [1.82, 2.24) is 9.80 Å². The number of carbonyl (C=O) groups excluding carboxylic acids is 2. The van der Waals surface area contributed by atoms with Crippen LogP contribution >= 0.6 is 0 Å². The summed E-state index contributed by atoms with van der Waals surface area (Å²) in [6.45, 7) is 13.0. The van der Waals surface area contributed by atoms with Crippen molar-refractivity contribution in [1.29, 1.82) is 0 Å². The first-order valence-corrected chi connectivity index (χ1v) is 6.90. The predicted molar refractivity (Wildman–Crippen MR) is 73.8 cm³/mol. The van der Waals surface area contributed by atoms with Crippen molar-refractivity contribution in [3.63, 3.8) is 0 Å². The maximum atomic E-state index is 12.0. The summed E-state index contributed by atoms with van der Waals surface area (Å²) in [6, 6.07) is 0.0381. The molecule has 0 bridgehead atoms. The zero-order valence-electron chi connectivity index (χ0n) is 12.9. The Hall–Kier alpha value is -1.26. The molecule has 0 unspecified atom stereocenters. The van der Waals surface area contributed by atoms with Crippen LogP contribution in [0.4, 0.5) is 4.79 Å². The van der Waals surface area contributed by atoms with E-state index in [4.69, 9.17) is 4.74 Å². The van der Waals surface area contributed by atoms with Gasteiger partial charge in [0, 0.05) is 31.6 Å². The summed E-state index contributed by atoms with van der Waals surface area (Å²) in [5, 5.41) is 0. The summed E-state index contributed by atoms with van der Waals surface area (Å²) < 4.78 is 5.35. The summed E-state index contributed by atoms with van der Waals surface area (Å²) in [4.78, 5) is 27.5. The van der Waals surface area contributed by atoms with Crippen LogP contribution < -0.4 is 0 Å². The largest absolute Gasteiger partial charge is 0.444 e. The van der Waals surface area contributed by atoms with E-state index in [1.54, 1.807) is 4.90 Å². The summed E-state index contributed by atoms with van der Waals surface area (Å²) in [7, 11) is 0. The predicted octanol–water partition coefficient (Wildman–Crippen LogP) is 2.11. The molecule has 19 heavy (non-hydrogen) atoms. The second kappa shape index (κ2) is 5.80. The van der Waals surface area contributed by atoms with Gasteiger partial charge in [0.2, 0.25) is 5.91 Å². The van der Waals surface area contributed by atoms with Crippen molar-refractivity contribution in [2.45, 2.75) is 53.2 Å². The molecule has 0 aromatic rings. The molecule has 1 atom stereocenters. The lowest BCUT2D eigenvalue weighted by molar-refractivity contribution is -0.138. The van der Waals surface area contributed by atoms with Gasteiger partial charge in [-0.25, -0.2) is 4.79 Å². The molecular formula is C14H26N2O3. The van der Waals surface area contributed by atoms with Gasteiger partial charge < -0.3 is 14.5 Å². The van der Waals surface area contributed by atoms with Crippen molar-refractivity contribution in [2.24, 2.45) is 5.92 Å². The van der Waals surface area contributed by atoms with Crippen LogP contribution in [0.15, 0.2) is 0 Å². The number of ether oxygens (including phenoxy) is 1. The molecule has 5 nitrogen and oxygen atoms in total. The molecule has 1 heterocycles. The third-order valence-electron chi connectivity index (χ3n) is 3.06. The standard InChI is InChI=1S/C14H26N2O3/c1-10(2)12(17)16-8-7-15(9-11(16)3)13(18)19-14(4,5)6/h10-11H,7-9H2,1-6H3/t11-/m0/s1. The second-order valence-corrected chi connectivity index (χ2v) is 6.46. The molecule has 0 saturated carbocycles. The maximum absolute atomic E-state index is 12.0. The minimum Gasteiger partial charge on any atom is -0.444 e. The lowest BCUT2D eigenvalue weighted by Crippen LogP contribution is -2.56. The molecular weight excluding hydrogens is 244 g/mol. The highest BCUT2D eigenvalue weighted by Crippen LogP contribution is 2.16. The van der Waals surface area contributed by atoms with Crippen LogP contribution in [0.2, 0.25) is 0 Å². The van der Waals surface area contributed by atoms with E-state index in [1.807, 2.05) is 46.4 Å². The molecule has 110 valence electrons. The lowest BCUT2D eigenvalue weighted by Gasteiger charge is -2.40. The van der Waals surface area contributed by atoms with Crippen LogP contribution in [0.3, 0.4) is 0 Å². The average molecular weight is 270 g/mol.